The van der Waals surface area contributed by atoms with Crippen molar-refractivity contribution in [1.29, 1.82) is 0 Å². The van der Waals surface area contributed by atoms with Crippen molar-refractivity contribution in [1.82, 2.24) is 15.1 Å². The van der Waals surface area contributed by atoms with Crippen LogP contribution in [-0.2, 0) is 11.3 Å². The number of carbonyl (C=O) groups excluding carboxylic acids is 2. The Labute approximate surface area is 193 Å². The van der Waals surface area contributed by atoms with Crippen LogP contribution in [0.15, 0.2) is 47.1 Å². The average Bonchev–Trinajstić information content (AvgIpc) is 3.43. The number of aryl methyl sites for hydroxylation is 2. The Morgan fingerprint density at radius 3 is 2.52 bits per heavy atom. The van der Waals surface area contributed by atoms with Gasteiger partial charge in [0.05, 0.1) is 12.8 Å². The summed E-state index contributed by atoms with van der Waals surface area (Å²) in [6, 6.07) is 11.5. The lowest BCUT2D eigenvalue weighted by Gasteiger charge is -2.44. The Hall–Kier alpha value is -3.35. The number of hydrogen-bond donors (Lipinski definition) is 1. The number of anilines is 1. The number of furan rings is 1. The highest BCUT2D eigenvalue weighted by Gasteiger charge is 2.49. The summed E-state index contributed by atoms with van der Waals surface area (Å²) >= 11 is 0. The van der Waals surface area contributed by atoms with Crippen LogP contribution in [0.4, 0.5) is 5.69 Å². The third kappa shape index (κ3) is 3.86. The molecule has 0 unspecified atom stereocenters. The maximum Gasteiger partial charge on any atom is 0.277 e. The van der Waals surface area contributed by atoms with E-state index in [1.807, 2.05) is 39.0 Å². The van der Waals surface area contributed by atoms with Gasteiger partial charge in [0, 0.05) is 17.8 Å². The van der Waals surface area contributed by atoms with Gasteiger partial charge in [-0.1, -0.05) is 25.3 Å². The minimum atomic E-state index is -1.12. The molecule has 5 rings (SSSR count). The molecule has 7 heteroatoms. The molecule has 1 fully saturated rings. The van der Waals surface area contributed by atoms with Gasteiger partial charge in [-0.25, -0.2) is 0 Å². The van der Waals surface area contributed by atoms with Gasteiger partial charge in [-0.15, -0.1) is 0 Å². The van der Waals surface area contributed by atoms with Gasteiger partial charge in [-0.05, 0) is 69.0 Å². The van der Waals surface area contributed by atoms with E-state index in [1.54, 1.807) is 28.0 Å². The number of hydrogen-bond acceptors (Lipinski definition) is 4. The second-order valence-electron chi connectivity index (χ2n) is 9.62. The van der Waals surface area contributed by atoms with Gasteiger partial charge in [-0.3, -0.25) is 19.2 Å². The van der Waals surface area contributed by atoms with Gasteiger partial charge < -0.3 is 9.73 Å². The molecule has 2 amide bonds. The first kappa shape index (κ1) is 21.5. The summed E-state index contributed by atoms with van der Waals surface area (Å²) in [5.41, 5.74) is 2.73. The molecule has 0 spiro atoms. The Kier molecular flexibility index (Phi) is 5.35. The molecular weight excluding hydrogens is 416 g/mol. The van der Waals surface area contributed by atoms with Crippen LogP contribution in [0.5, 0.6) is 0 Å². The zero-order chi connectivity index (χ0) is 23.2. The quantitative estimate of drug-likeness (QED) is 0.634. The van der Waals surface area contributed by atoms with Gasteiger partial charge in [0.25, 0.3) is 5.91 Å². The van der Waals surface area contributed by atoms with E-state index in [9.17, 15) is 9.59 Å². The number of rotatable bonds is 4. The molecule has 1 N–H and O–H groups in total. The highest BCUT2D eigenvalue weighted by atomic mass is 16.3. The third-order valence-corrected chi connectivity index (χ3v) is 6.82. The van der Waals surface area contributed by atoms with Crippen molar-refractivity contribution >= 4 is 17.5 Å². The Balaban J connectivity index is 1.58. The molecule has 0 bridgehead atoms. The van der Waals surface area contributed by atoms with Crippen LogP contribution in [0.3, 0.4) is 0 Å². The molecular formula is C26H30N4O3. The molecule has 2 aromatic heterocycles. The van der Waals surface area contributed by atoms with Gasteiger partial charge in [0.1, 0.15) is 16.9 Å². The molecule has 0 saturated heterocycles. The lowest BCUT2D eigenvalue weighted by molar-refractivity contribution is -0.127. The molecule has 1 saturated carbocycles. The van der Waals surface area contributed by atoms with Crippen LogP contribution in [0.1, 0.15) is 60.6 Å². The zero-order valence-electron chi connectivity index (χ0n) is 19.4. The second kappa shape index (κ2) is 8.21. The van der Waals surface area contributed by atoms with E-state index in [2.05, 4.69) is 16.5 Å². The van der Waals surface area contributed by atoms with Crippen molar-refractivity contribution in [3.8, 4) is 11.5 Å². The SMILES string of the molecule is Cc1cc(C)cc(N2C(=O)c3cc(-c4ccco4)nn3C[C@@]2(C)C(=O)NC2CCCCC2)c1. The molecule has 2 aliphatic rings. The maximum absolute atomic E-state index is 13.9. The van der Waals surface area contributed by atoms with E-state index in [0.717, 1.165) is 42.5 Å². The van der Waals surface area contributed by atoms with Crippen LogP contribution in [0, 0.1) is 13.8 Å². The average molecular weight is 447 g/mol. The first-order valence-electron chi connectivity index (χ1n) is 11.7. The summed E-state index contributed by atoms with van der Waals surface area (Å²) in [5.74, 6) is 0.219. The first-order valence-corrected chi connectivity index (χ1v) is 11.7. The summed E-state index contributed by atoms with van der Waals surface area (Å²) < 4.78 is 7.15. The number of aromatic nitrogens is 2. The normalized spacial score (nSPS) is 21.2. The van der Waals surface area contributed by atoms with E-state index >= 15 is 0 Å². The minimum Gasteiger partial charge on any atom is -0.463 e. The fourth-order valence-corrected chi connectivity index (χ4v) is 5.20. The molecule has 33 heavy (non-hydrogen) atoms. The van der Waals surface area contributed by atoms with Crippen molar-refractivity contribution in [2.24, 2.45) is 0 Å². The van der Waals surface area contributed by atoms with E-state index in [0.29, 0.717) is 17.1 Å². The number of nitrogens with zero attached hydrogens (tertiary/aromatic N) is 3. The smallest absolute Gasteiger partial charge is 0.277 e. The summed E-state index contributed by atoms with van der Waals surface area (Å²) in [7, 11) is 0. The molecule has 1 atom stereocenters. The van der Waals surface area contributed by atoms with E-state index in [1.165, 1.54) is 6.42 Å². The molecule has 1 aliphatic carbocycles. The summed E-state index contributed by atoms with van der Waals surface area (Å²) in [6.45, 7) is 6.12. The number of amides is 2. The Bertz CT molecular complexity index is 1170. The number of fused-ring (bicyclic) bond motifs is 1. The minimum absolute atomic E-state index is 0.136. The van der Waals surface area contributed by atoms with E-state index in [-0.39, 0.29) is 24.4 Å². The molecule has 0 radical (unpaired) electrons. The van der Waals surface area contributed by atoms with Gasteiger partial charge >= 0.3 is 0 Å². The fourth-order valence-electron chi connectivity index (χ4n) is 5.20. The van der Waals surface area contributed by atoms with Gasteiger partial charge in [-0.2, -0.15) is 5.10 Å². The highest BCUT2D eigenvalue weighted by Crippen LogP contribution is 2.35. The van der Waals surface area contributed by atoms with Crippen LogP contribution in [0.2, 0.25) is 0 Å². The maximum atomic E-state index is 13.9. The van der Waals surface area contributed by atoms with Crippen molar-refractivity contribution in [3.05, 3.63) is 59.5 Å². The topological polar surface area (TPSA) is 80.4 Å². The van der Waals surface area contributed by atoms with Crippen LogP contribution in [-0.4, -0.2) is 33.2 Å². The molecule has 1 aromatic carbocycles. The number of carbonyl (C=O) groups is 2. The Morgan fingerprint density at radius 1 is 1.12 bits per heavy atom. The summed E-state index contributed by atoms with van der Waals surface area (Å²) in [4.78, 5) is 29.3. The Morgan fingerprint density at radius 2 is 1.85 bits per heavy atom. The highest BCUT2D eigenvalue weighted by molar-refractivity contribution is 6.12. The van der Waals surface area contributed by atoms with E-state index < -0.39 is 5.54 Å². The number of nitrogens with one attached hydrogen (secondary N) is 1. The van der Waals surface area contributed by atoms with Crippen molar-refractivity contribution < 1.29 is 14.0 Å². The number of benzene rings is 1. The second-order valence-corrected chi connectivity index (χ2v) is 9.62. The molecule has 172 valence electrons. The predicted octanol–water partition coefficient (Wildman–Crippen LogP) is 4.63. The molecule has 3 aromatic rings. The molecule has 1 aliphatic heterocycles. The van der Waals surface area contributed by atoms with Crippen LogP contribution in [0.25, 0.3) is 11.5 Å². The van der Waals surface area contributed by atoms with E-state index in [4.69, 9.17) is 4.42 Å². The van der Waals surface area contributed by atoms with Crippen molar-refractivity contribution in [2.75, 3.05) is 4.90 Å². The predicted molar refractivity (Wildman–Crippen MR) is 126 cm³/mol. The van der Waals surface area contributed by atoms with Gasteiger partial charge in [0.2, 0.25) is 5.91 Å². The van der Waals surface area contributed by atoms with Gasteiger partial charge in [0.15, 0.2) is 5.76 Å². The lowest BCUT2D eigenvalue weighted by atomic mass is 9.90. The summed E-state index contributed by atoms with van der Waals surface area (Å²) in [6.07, 6.45) is 7.00. The molecule has 3 heterocycles. The molecule has 7 nitrogen and oxygen atoms in total. The third-order valence-electron chi connectivity index (χ3n) is 6.82. The van der Waals surface area contributed by atoms with Crippen LogP contribution >= 0.6 is 0 Å². The standard InChI is InChI=1S/C26H30N4O3/c1-17-12-18(2)14-20(13-17)30-24(31)22-15-21(23-10-7-11-33-23)28-29(22)16-26(30,3)25(32)27-19-8-5-4-6-9-19/h7,10-15,19H,4-6,8-9,16H2,1-3H3,(H,27,32)/t26-/m0/s1. The zero-order valence-corrected chi connectivity index (χ0v) is 19.4. The lowest BCUT2D eigenvalue weighted by Crippen LogP contribution is -2.65. The van der Waals surface area contributed by atoms with Crippen molar-refractivity contribution in [3.63, 3.8) is 0 Å². The fraction of sp³-hybridized carbons (Fsp3) is 0.423. The largest absolute Gasteiger partial charge is 0.463 e. The van der Waals surface area contributed by atoms with Crippen molar-refractivity contribution in [2.45, 2.75) is 71.0 Å². The first-order chi connectivity index (χ1) is 15.8. The van der Waals surface area contributed by atoms with Crippen LogP contribution < -0.4 is 10.2 Å². The monoisotopic (exact) mass is 446 g/mol. The summed E-state index contributed by atoms with van der Waals surface area (Å²) in [5, 5.41) is 7.88.